The number of aliphatic hydroxyl groups is 1. The molecule has 0 amide bonds. The minimum atomic E-state index is -0.635. The molecule has 2 fully saturated rings. The van der Waals surface area contributed by atoms with Crippen LogP contribution in [-0.2, 0) is 0 Å². The molecule has 8 heteroatoms. The number of nitrogens with zero attached hydrogens (tertiary/aromatic N) is 1. The predicted octanol–water partition coefficient (Wildman–Crippen LogP) is 1.53. The van der Waals surface area contributed by atoms with E-state index < -0.39 is 12.4 Å². The fraction of sp³-hybridized carbons (Fsp3) is 0.864. The molecule has 5 atom stereocenters. The summed E-state index contributed by atoms with van der Waals surface area (Å²) in [6.45, 7) is 3.88. The molecule has 0 bridgehead atoms. The highest BCUT2D eigenvalue weighted by Crippen LogP contribution is 2.31. The van der Waals surface area contributed by atoms with Gasteiger partial charge in [-0.3, -0.25) is 15.6 Å². The number of aliphatic hydroxyl groups excluding tert-OH is 1. The Balaban J connectivity index is 1.39. The van der Waals surface area contributed by atoms with Crippen molar-refractivity contribution in [3.8, 4) is 0 Å². The SMILES string of the molecule is C[C@H](NC1N=C(NC2CNC=CN2)CCC1C(O)NCC1CC1)C1CCC(F)CC1. The molecular weight excluding hydrogens is 383 g/mol. The van der Waals surface area contributed by atoms with E-state index in [9.17, 15) is 9.50 Å². The summed E-state index contributed by atoms with van der Waals surface area (Å²) in [5, 5.41) is 27.9. The van der Waals surface area contributed by atoms with E-state index in [0.717, 1.165) is 50.5 Å². The first-order chi connectivity index (χ1) is 14.6. The number of aliphatic imine (C=N–C) groups is 1. The lowest BCUT2D eigenvalue weighted by molar-refractivity contribution is 0.0426. The van der Waals surface area contributed by atoms with E-state index in [4.69, 9.17) is 4.99 Å². The first-order valence-electron chi connectivity index (χ1n) is 11.9. The summed E-state index contributed by atoms with van der Waals surface area (Å²) in [5.74, 6) is 2.21. The molecule has 4 rings (SSSR count). The predicted molar refractivity (Wildman–Crippen MR) is 117 cm³/mol. The zero-order valence-corrected chi connectivity index (χ0v) is 18.1. The van der Waals surface area contributed by atoms with Gasteiger partial charge in [0, 0.05) is 37.3 Å². The van der Waals surface area contributed by atoms with E-state index in [1.807, 2.05) is 12.4 Å². The minimum Gasteiger partial charge on any atom is -0.386 e. The zero-order chi connectivity index (χ0) is 20.9. The van der Waals surface area contributed by atoms with Gasteiger partial charge in [-0.15, -0.1) is 0 Å². The molecule has 170 valence electrons. The van der Waals surface area contributed by atoms with E-state index in [1.165, 1.54) is 12.8 Å². The third kappa shape index (κ3) is 6.08. The van der Waals surface area contributed by atoms with Crippen LogP contribution in [0.15, 0.2) is 17.4 Å². The Bertz CT molecular complexity index is 604. The maximum atomic E-state index is 13.6. The summed E-state index contributed by atoms with van der Waals surface area (Å²) in [4.78, 5) is 5.00. The van der Waals surface area contributed by atoms with Crippen LogP contribution in [0.2, 0.25) is 0 Å². The van der Waals surface area contributed by atoms with Gasteiger partial charge in [0.15, 0.2) is 0 Å². The molecule has 0 spiro atoms. The molecule has 0 aromatic carbocycles. The van der Waals surface area contributed by atoms with Gasteiger partial charge in [-0.05, 0) is 63.7 Å². The highest BCUT2D eigenvalue weighted by Gasteiger charge is 2.35. The Labute approximate surface area is 179 Å². The second-order valence-corrected chi connectivity index (χ2v) is 9.59. The van der Waals surface area contributed by atoms with E-state index in [2.05, 4.69) is 33.5 Å². The second-order valence-electron chi connectivity index (χ2n) is 9.59. The molecule has 0 radical (unpaired) electrons. The molecule has 2 aliphatic heterocycles. The van der Waals surface area contributed by atoms with Crippen molar-refractivity contribution in [2.75, 3.05) is 13.1 Å². The highest BCUT2D eigenvalue weighted by molar-refractivity contribution is 5.83. The lowest BCUT2D eigenvalue weighted by Crippen LogP contribution is -2.56. The van der Waals surface area contributed by atoms with Gasteiger partial charge < -0.3 is 21.1 Å². The van der Waals surface area contributed by atoms with Gasteiger partial charge in [-0.1, -0.05) is 0 Å². The summed E-state index contributed by atoms with van der Waals surface area (Å²) in [7, 11) is 0. The Hall–Kier alpha value is -1.38. The Morgan fingerprint density at radius 1 is 1.17 bits per heavy atom. The quantitative estimate of drug-likeness (QED) is 0.332. The molecular formula is C22H39FN6O. The average Bonchev–Trinajstić information content (AvgIpc) is 3.58. The van der Waals surface area contributed by atoms with E-state index in [1.54, 1.807) is 0 Å². The fourth-order valence-corrected chi connectivity index (χ4v) is 4.90. The van der Waals surface area contributed by atoms with Crippen LogP contribution in [-0.4, -0.2) is 54.8 Å². The molecule has 0 saturated heterocycles. The smallest absolute Gasteiger partial charge is 0.115 e. The topological polar surface area (TPSA) is 92.7 Å². The van der Waals surface area contributed by atoms with Gasteiger partial charge in [0.2, 0.25) is 0 Å². The van der Waals surface area contributed by atoms with Gasteiger partial charge in [-0.2, -0.15) is 0 Å². The highest BCUT2D eigenvalue weighted by atomic mass is 19.1. The average molecular weight is 423 g/mol. The van der Waals surface area contributed by atoms with Gasteiger partial charge in [-0.25, -0.2) is 4.39 Å². The van der Waals surface area contributed by atoms with E-state index >= 15 is 0 Å². The first kappa shape index (κ1) is 21.8. The van der Waals surface area contributed by atoms with Crippen molar-refractivity contribution in [3.05, 3.63) is 12.4 Å². The standard InChI is InChI=1S/C22H39FN6O/c1-14(16-4-6-17(23)7-5-16)27-21-18(22(30)26-12-15-2-3-15)8-9-19(29-21)28-20-13-24-10-11-25-20/h10-11,14-18,20-22,24-27,30H,2-9,12-13H2,1H3,(H,28,29)/t14-,16?,17?,18?,20?,21?,22?/m0/s1. The number of nitrogens with one attached hydrogen (secondary N) is 5. The van der Waals surface area contributed by atoms with Crippen LogP contribution < -0.4 is 26.6 Å². The third-order valence-electron chi connectivity index (χ3n) is 7.14. The van der Waals surface area contributed by atoms with E-state index in [0.29, 0.717) is 18.8 Å². The first-order valence-corrected chi connectivity index (χ1v) is 11.9. The van der Waals surface area contributed by atoms with Crippen molar-refractivity contribution in [1.82, 2.24) is 26.6 Å². The molecule has 4 unspecified atom stereocenters. The number of rotatable bonds is 8. The van der Waals surface area contributed by atoms with Crippen LogP contribution in [0, 0.1) is 17.8 Å². The van der Waals surface area contributed by atoms with Crippen molar-refractivity contribution in [2.24, 2.45) is 22.7 Å². The van der Waals surface area contributed by atoms with Crippen LogP contribution in [0.25, 0.3) is 0 Å². The molecule has 2 saturated carbocycles. The molecule has 30 heavy (non-hydrogen) atoms. The van der Waals surface area contributed by atoms with E-state index in [-0.39, 0.29) is 24.3 Å². The second kappa shape index (κ2) is 10.3. The van der Waals surface area contributed by atoms with Gasteiger partial charge >= 0.3 is 0 Å². The Morgan fingerprint density at radius 2 is 1.97 bits per heavy atom. The number of hydrogen-bond donors (Lipinski definition) is 6. The number of alkyl halides is 1. The van der Waals surface area contributed by atoms with Gasteiger partial charge in [0.25, 0.3) is 0 Å². The fourth-order valence-electron chi connectivity index (χ4n) is 4.90. The van der Waals surface area contributed by atoms with Crippen molar-refractivity contribution in [1.29, 1.82) is 0 Å². The summed E-state index contributed by atoms with van der Waals surface area (Å²) in [6.07, 6.45) is 10.00. The van der Waals surface area contributed by atoms with Crippen LogP contribution in [0.1, 0.15) is 58.3 Å². The maximum Gasteiger partial charge on any atom is 0.115 e. The molecule has 0 aromatic rings. The number of halogens is 1. The lowest BCUT2D eigenvalue weighted by atomic mass is 9.83. The monoisotopic (exact) mass is 422 g/mol. The number of amidine groups is 1. The van der Waals surface area contributed by atoms with Crippen molar-refractivity contribution < 1.29 is 9.50 Å². The minimum absolute atomic E-state index is 0.0339. The Morgan fingerprint density at radius 3 is 2.67 bits per heavy atom. The maximum absolute atomic E-state index is 13.6. The van der Waals surface area contributed by atoms with Gasteiger partial charge in [0.05, 0.1) is 12.4 Å². The van der Waals surface area contributed by atoms with Crippen molar-refractivity contribution >= 4 is 5.84 Å². The van der Waals surface area contributed by atoms with Crippen molar-refractivity contribution in [3.63, 3.8) is 0 Å². The molecule has 2 aliphatic carbocycles. The van der Waals surface area contributed by atoms with Crippen LogP contribution in [0.5, 0.6) is 0 Å². The zero-order valence-electron chi connectivity index (χ0n) is 18.1. The third-order valence-corrected chi connectivity index (χ3v) is 7.14. The number of hydrogen-bond acceptors (Lipinski definition) is 7. The van der Waals surface area contributed by atoms with Crippen LogP contribution in [0.3, 0.4) is 0 Å². The van der Waals surface area contributed by atoms with Gasteiger partial charge in [0.1, 0.15) is 24.7 Å². The summed E-state index contributed by atoms with van der Waals surface area (Å²) in [6, 6.07) is 0.251. The van der Waals surface area contributed by atoms with Crippen molar-refractivity contribution in [2.45, 2.75) is 89.1 Å². The Kier molecular flexibility index (Phi) is 7.49. The molecule has 0 aromatic heterocycles. The van der Waals surface area contributed by atoms with Crippen LogP contribution >= 0.6 is 0 Å². The molecule has 7 nitrogen and oxygen atoms in total. The van der Waals surface area contributed by atoms with Crippen LogP contribution in [0.4, 0.5) is 4.39 Å². The molecule has 4 aliphatic rings. The molecule has 2 heterocycles. The normalized spacial score (nSPS) is 36.2. The largest absolute Gasteiger partial charge is 0.386 e. The molecule has 6 N–H and O–H groups in total. The summed E-state index contributed by atoms with van der Waals surface area (Å²) in [5.41, 5.74) is 0. The lowest BCUT2D eigenvalue weighted by Gasteiger charge is -2.38. The summed E-state index contributed by atoms with van der Waals surface area (Å²) < 4.78 is 13.6. The summed E-state index contributed by atoms with van der Waals surface area (Å²) >= 11 is 0.